The second-order valence-electron chi connectivity index (χ2n) is 5.93. The van der Waals surface area contributed by atoms with Crippen LogP contribution in [-0.4, -0.2) is 63.5 Å². The highest BCUT2D eigenvalue weighted by Crippen LogP contribution is 2.27. The highest BCUT2D eigenvalue weighted by atomic mass is 127. The van der Waals surface area contributed by atoms with Crippen LogP contribution in [-0.2, 0) is 4.74 Å². The molecule has 27 heavy (non-hydrogen) atoms. The number of nitrogens with one attached hydrogen (secondary N) is 2. The molecule has 0 amide bonds. The number of aliphatic imine (C=N–C) groups is 1. The number of halogens is 5. The minimum absolute atomic E-state index is 0. The van der Waals surface area contributed by atoms with Crippen molar-refractivity contribution in [2.24, 2.45) is 4.99 Å². The van der Waals surface area contributed by atoms with E-state index in [0.717, 1.165) is 18.7 Å². The summed E-state index contributed by atoms with van der Waals surface area (Å²) >= 11 is 6.36. The van der Waals surface area contributed by atoms with Gasteiger partial charge in [0.1, 0.15) is 0 Å². The van der Waals surface area contributed by atoms with E-state index in [0.29, 0.717) is 30.7 Å². The van der Waals surface area contributed by atoms with Gasteiger partial charge < -0.3 is 15.4 Å². The normalized spacial score (nSPS) is 17.1. The Bertz CT molecular complexity index is 598. The third-order valence-electron chi connectivity index (χ3n) is 4.14. The first-order valence-electron chi connectivity index (χ1n) is 8.48. The molecule has 1 atom stereocenters. The molecule has 0 spiro atoms. The van der Waals surface area contributed by atoms with Gasteiger partial charge in [0.25, 0.3) is 0 Å². The van der Waals surface area contributed by atoms with Crippen molar-refractivity contribution >= 4 is 41.5 Å². The molecule has 1 saturated heterocycles. The highest BCUT2D eigenvalue weighted by molar-refractivity contribution is 14.0. The summed E-state index contributed by atoms with van der Waals surface area (Å²) in [6.45, 7) is 3.04. The van der Waals surface area contributed by atoms with Gasteiger partial charge in [-0.05, 0) is 11.6 Å². The fourth-order valence-corrected chi connectivity index (χ4v) is 3.07. The quantitative estimate of drug-likeness (QED) is 0.343. The third-order valence-corrected chi connectivity index (χ3v) is 4.48. The Balaban J connectivity index is 0.00000364. The molecule has 1 aromatic rings. The summed E-state index contributed by atoms with van der Waals surface area (Å²) in [5, 5.41) is 6.46. The van der Waals surface area contributed by atoms with Gasteiger partial charge >= 0.3 is 6.18 Å². The fourth-order valence-electron chi connectivity index (χ4n) is 2.81. The molecule has 0 bridgehead atoms. The number of benzene rings is 1. The van der Waals surface area contributed by atoms with Crippen molar-refractivity contribution in [3.8, 4) is 0 Å². The number of morpholine rings is 1. The topological polar surface area (TPSA) is 48.9 Å². The summed E-state index contributed by atoms with van der Waals surface area (Å²) in [6.07, 6.45) is -5.11. The Morgan fingerprint density at radius 1 is 1.26 bits per heavy atom. The second-order valence-corrected chi connectivity index (χ2v) is 6.34. The average molecular weight is 521 g/mol. The number of alkyl halides is 3. The molecule has 1 aromatic carbocycles. The lowest BCUT2D eigenvalue weighted by Crippen LogP contribution is -2.46. The maximum Gasteiger partial charge on any atom is 0.390 e. The smallest absolute Gasteiger partial charge is 0.379 e. The van der Waals surface area contributed by atoms with Crippen LogP contribution >= 0.6 is 35.6 Å². The Labute approximate surface area is 179 Å². The van der Waals surface area contributed by atoms with Gasteiger partial charge in [-0.2, -0.15) is 13.2 Å². The van der Waals surface area contributed by atoms with Crippen LogP contribution in [0.4, 0.5) is 13.2 Å². The lowest BCUT2D eigenvalue weighted by Gasteiger charge is -2.35. The fraction of sp³-hybridized carbons (Fsp3) is 0.588. The number of rotatable bonds is 6. The Morgan fingerprint density at radius 3 is 2.52 bits per heavy atom. The second kappa shape index (κ2) is 11.9. The maximum atomic E-state index is 12.3. The van der Waals surface area contributed by atoms with Crippen LogP contribution in [0.25, 0.3) is 0 Å². The van der Waals surface area contributed by atoms with E-state index in [1.807, 2.05) is 24.3 Å². The Kier molecular flexibility index (Phi) is 10.7. The van der Waals surface area contributed by atoms with Gasteiger partial charge in [-0.15, -0.1) is 24.0 Å². The summed E-state index contributed by atoms with van der Waals surface area (Å²) in [5.74, 6) is 0.333. The van der Waals surface area contributed by atoms with E-state index in [2.05, 4.69) is 20.5 Å². The van der Waals surface area contributed by atoms with Crippen molar-refractivity contribution < 1.29 is 17.9 Å². The summed E-state index contributed by atoms with van der Waals surface area (Å²) in [5.41, 5.74) is 0.967. The largest absolute Gasteiger partial charge is 0.390 e. The minimum atomic E-state index is -4.19. The van der Waals surface area contributed by atoms with Crippen LogP contribution in [0.1, 0.15) is 18.0 Å². The first-order valence-corrected chi connectivity index (χ1v) is 8.86. The van der Waals surface area contributed by atoms with Gasteiger partial charge in [0.2, 0.25) is 0 Å². The number of guanidine groups is 1. The molecule has 1 fully saturated rings. The van der Waals surface area contributed by atoms with Gasteiger partial charge in [-0.3, -0.25) is 9.89 Å². The third kappa shape index (κ3) is 8.41. The van der Waals surface area contributed by atoms with Gasteiger partial charge in [0.15, 0.2) is 5.96 Å². The van der Waals surface area contributed by atoms with Gasteiger partial charge in [-0.1, -0.05) is 29.8 Å². The predicted molar refractivity (Wildman–Crippen MR) is 112 cm³/mol. The monoisotopic (exact) mass is 520 g/mol. The molecule has 0 radical (unpaired) electrons. The minimum Gasteiger partial charge on any atom is -0.379 e. The Morgan fingerprint density at radius 2 is 1.93 bits per heavy atom. The average Bonchev–Trinajstić information content (AvgIpc) is 2.61. The van der Waals surface area contributed by atoms with Crippen molar-refractivity contribution in [2.75, 3.05) is 46.4 Å². The van der Waals surface area contributed by atoms with Gasteiger partial charge in [0, 0.05) is 38.2 Å². The van der Waals surface area contributed by atoms with Crippen molar-refractivity contribution in [2.45, 2.75) is 18.6 Å². The SMILES string of the molecule is CN=C(NCCC(F)(F)F)NCC(c1ccccc1Cl)N1CCOCC1.I. The maximum absolute atomic E-state index is 12.3. The lowest BCUT2D eigenvalue weighted by atomic mass is 10.0. The molecule has 1 aliphatic heterocycles. The zero-order chi connectivity index (χ0) is 19.0. The van der Waals surface area contributed by atoms with E-state index in [9.17, 15) is 13.2 Å². The zero-order valence-electron chi connectivity index (χ0n) is 15.1. The van der Waals surface area contributed by atoms with E-state index in [1.165, 1.54) is 7.05 Å². The summed E-state index contributed by atoms with van der Waals surface area (Å²) in [6, 6.07) is 7.55. The van der Waals surface area contributed by atoms with Crippen LogP contribution in [0.3, 0.4) is 0 Å². The molecule has 0 aliphatic carbocycles. The van der Waals surface area contributed by atoms with Crippen LogP contribution in [0, 0.1) is 0 Å². The molecule has 10 heteroatoms. The van der Waals surface area contributed by atoms with Gasteiger partial charge in [0.05, 0.1) is 25.7 Å². The molecule has 0 aromatic heterocycles. The molecular weight excluding hydrogens is 496 g/mol. The molecule has 1 aliphatic rings. The molecule has 154 valence electrons. The van der Waals surface area contributed by atoms with E-state index >= 15 is 0 Å². The van der Waals surface area contributed by atoms with Gasteiger partial charge in [-0.25, -0.2) is 0 Å². The zero-order valence-corrected chi connectivity index (χ0v) is 18.1. The molecule has 0 saturated carbocycles. The summed E-state index contributed by atoms with van der Waals surface area (Å²) < 4.78 is 42.3. The van der Waals surface area contributed by atoms with E-state index in [4.69, 9.17) is 16.3 Å². The number of hydrogen-bond acceptors (Lipinski definition) is 3. The summed E-state index contributed by atoms with van der Waals surface area (Å²) in [7, 11) is 1.53. The summed E-state index contributed by atoms with van der Waals surface area (Å²) in [4.78, 5) is 6.24. The highest BCUT2D eigenvalue weighted by Gasteiger charge is 2.27. The van der Waals surface area contributed by atoms with Crippen molar-refractivity contribution in [3.05, 3.63) is 34.9 Å². The first kappa shape index (κ1) is 24.3. The molecular formula is C17H25ClF3IN4O. The van der Waals surface area contributed by atoms with Crippen LogP contribution < -0.4 is 10.6 Å². The number of nitrogens with zero attached hydrogens (tertiary/aromatic N) is 2. The number of hydrogen-bond donors (Lipinski definition) is 2. The first-order chi connectivity index (χ1) is 12.4. The van der Waals surface area contributed by atoms with Crippen molar-refractivity contribution in [1.82, 2.24) is 15.5 Å². The molecule has 2 N–H and O–H groups in total. The van der Waals surface area contributed by atoms with Crippen molar-refractivity contribution in [1.29, 1.82) is 0 Å². The molecule has 1 unspecified atom stereocenters. The molecule has 1 heterocycles. The standard InChI is InChI=1S/C17H24ClF3N4O.HI/c1-22-16(23-7-6-17(19,20)21)24-12-15(25-8-10-26-11-9-25)13-4-2-3-5-14(13)18;/h2-5,15H,6-12H2,1H3,(H2,22,23,24);1H. The van der Waals surface area contributed by atoms with E-state index < -0.39 is 12.6 Å². The van der Waals surface area contributed by atoms with Crippen LogP contribution in [0.5, 0.6) is 0 Å². The Hall–Kier alpha value is -0.780. The van der Waals surface area contributed by atoms with E-state index in [1.54, 1.807) is 0 Å². The molecule has 2 rings (SSSR count). The van der Waals surface area contributed by atoms with Crippen LogP contribution in [0.15, 0.2) is 29.3 Å². The van der Waals surface area contributed by atoms with Crippen molar-refractivity contribution in [3.63, 3.8) is 0 Å². The van der Waals surface area contributed by atoms with E-state index in [-0.39, 0.29) is 36.6 Å². The predicted octanol–water partition coefficient (Wildman–Crippen LogP) is 3.45. The lowest BCUT2D eigenvalue weighted by molar-refractivity contribution is -0.132. The number of ether oxygens (including phenoxy) is 1. The molecule has 5 nitrogen and oxygen atoms in total. The van der Waals surface area contributed by atoms with Crippen LogP contribution in [0.2, 0.25) is 5.02 Å².